The average molecular weight is 597 g/mol. The van der Waals surface area contributed by atoms with Gasteiger partial charge in [-0.1, -0.05) is 107 Å². The maximum atomic E-state index is 13.6. The second-order valence-corrected chi connectivity index (χ2v) is 13.6. The smallest absolute Gasteiger partial charge is 0.262 e. The summed E-state index contributed by atoms with van der Waals surface area (Å²) < 4.78 is 36.8. The van der Waals surface area contributed by atoms with Crippen LogP contribution in [0, 0.1) is 11.8 Å². The largest absolute Gasteiger partial charge is 0.380 e. The number of ether oxygens (including phenoxy) is 3. The fraction of sp³-hybridized carbons (Fsp3) is 0.471. The van der Waals surface area contributed by atoms with Crippen LogP contribution in [0.2, 0.25) is 0 Å². The first kappa shape index (κ1) is 32.6. The van der Waals surface area contributed by atoms with Gasteiger partial charge in [0, 0.05) is 17.1 Å². The van der Waals surface area contributed by atoms with Crippen LogP contribution >= 0.6 is 7.37 Å². The van der Waals surface area contributed by atoms with Crippen LogP contribution in [0.25, 0.3) is 0 Å². The molecule has 228 valence electrons. The van der Waals surface area contributed by atoms with E-state index < -0.39 is 25.6 Å². The van der Waals surface area contributed by atoms with E-state index >= 15 is 0 Å². The van der Waals surface area contributed by atoms with E-state index in [9.17, 15) is 14.8 Å². The fourth-order valence-corrected chi connectivity index (χ4v) is 8.28. The molecular formula is C34H45O7P. The van der Waals surface area contributed by atoms with Gasteiger partial charge in [-0.3, -0.25) is 4.57 Å². The van der Waals surface area contributed by atoms with Gasteiger partial charge in [-0.2, -0.15) is 0 Å². The Morgan fingerprint density at radius 3 is 1.62 bits per heavy atom. The highest BCUT2D eigenvalue weighted by Gasteiger charge is 2.51. The van der Waals surface area contributed by atoms with Gasteiger partial charge in [-0.25, -0.2) is 0 Å². The highest BCUT2D eigenvalue weighted by molar-refractivity contribution is 7.67. The normalized spacial score (nSPS) is 32.6. The molecular weight excluding hydrogens is 551 g/mol. The first-order valence-corrected chi connectivity index (χ1v) is 16.6. The van der Waals surface area contributed by atoms with Gasteiger partial charge >= 0.3 is 0 Å². The number of hydrogen-bond acceptors (Lipinski definition) is 7. The Morgan fingerprint density at radius 2 is 1.14 bits per heavy atom. The number of aliphatic hydroxyl groups excluding tert-OH is 2. The van der Waals surface area contributed by atoms with E-state index in [-0.39, 0.29) is 30.1 Å². The molecule has 0 spiro atoms. The predicted octanol–water partition coefficient (Wildman–Crippen LogP) is 6.27. The Hall–Kier alpha value is -2.35. The lowest BCUT2D eigenvalue weighted by molar-refractivity contribution is -0.145. The number of aliphatic hydroxyl groups is 2. The molecule has 42 heavy (non-hydrogen) atoms. The molecule has 5 rings (SSSR count). The molecule has 0 aliphatic carbocycles. The molecule has 3 aromatic rings. The van der Waals surface area contributed by atoms with Crippen molar-refractivity contribution < 1.29 is 33.5 Å². The van der Waals surface area contributed by atoms with Crippen molar-refractivity contribution >= 4 is 12.7 Å². The van der Waals surface area contributed by atoms with Crippen LogP contribution in [0.15, 0.2) is 91.0 Å². The molecule has 2 saturated heterocycles. The minimum atomic E-state index is -3.41. The Bertz CT molecular complexity index is 1240. The summed E-state index contributed by atoms with van der Waals surface area (Å²) >= 11 is 0. The summed E-state index contributed by atoms with van der Waals surface area (Å²) in [5.74, 6) is -0.982. The third-order valence-corrected chi connectivity index (χ3v) is 10.8. The van der Waals surface area contributed by atoms with E-state index in [1.165, 1.54) is 0 Å². The second kappa shape index (κ2) is 15.4. The molecule has 1 unspecified atom stereocenters. The van der Waals surface area contributed by atoms with Gasteiger partial charge in [0.25, 0.3) is 7.37 Å². The summed E-state index contributed by atoms with van der Waals surface area (Å²) in [4.78, 5) is 0. The summed E-state index contributed by atoms with van der Waals surface area (Å²) in [6.45, 7) is 9.02. The molecule has 8 heteroatoms. The highest BCUT2D eigenvalue weighted by atomic mass is 31.2. The van der Waals surface area contributed by atoms with Crippen LogP contribution in [-0.2, 0) is 36.5 Å². The molecule has 0 amide bonds. The third kappa shape index (κ3) is 7.78. The topological polar surface area (TPSA) is 94.5 Å². The summed E-state index contributed by atoms with van der Waals surface area (Å²) in [6.07, 6.45) is -0.0379. The van der Waals surface area contributed by atoms with Crippen molar-refractivity contribution in [3.8, 4) is 0 Å². The Labute approximate surface area is 250 Å². The zero-order chi connectivity index (χ0) is 30.1. The molecule has 3 aromatic carbocycles. The van der Waals surface area contributed by atoms with Crippen LogP contribution in [0.1, 0.15) is 51.7 Å². The standard InChI is InChI=1S/C20H25O4P.C14H20O3/c1-3-18-15(2)19(23-14-16-10-6-4-7-11-16)20(21)25(22,24-18)17-12-8-5-9-13-17;1-3-12-10(2)13(14(15)17-12)16-9-11-7-5-4-6-8-11/h4-13,15,18-21H,3,14H2,1-2H3;4-8,10,12-15H,3,9H2,1-2H3/t15-,18-,19+,20+,25+;10-,12-,13+,14?/m11/s1. The SMILES string of the molecule is CC[C@H]1OC(O)[C@@H](OCc2ccccc2)[C@@H]1C.CC[C@H]1O[P@@](=O)(c2ccccc2)[C@H](O)[C@@H](OCc2ccccc2)[C@@H]1C. The van der Waals surface area contributed by atoms with Crippen molar-refractivity contribution in [2.45, 2.75) is 90.3 Å². The molecule has 2 fully saturated rings. The number of rotatable bonds is 9. The lowest BCUT2D eigenvalue weighted by Crippen LogP contribution is -2.48. The highest BCUT2D eigenvalue weighted by Crippen LogP contribution is 2.58. The summed E-state index contributed by atoms with van der Waals surface area (Å²) in [5.41, 5.74) is 2.14. The van der Waals surface area contributed by atoms with E-state index in [0.717, 1.165) is 24.0 Å². The van der Waals surface area contributed by atoms with Gasteiger partial charge in [0.1, 0.15) is 6.10 Å². The predicted molar refractivity (Wildman–Crippen MR) is 164 cm³/mol. The molecule has 2 heterocycles. The molecule has 0 bridgehead atoms. The molecule has 0 radical (unpaired) electrons. The minimum Gasteiger partial charge on any atom is -0.380 e. The first-order valence-electron chi connectivity index (χ1n) is 14.9. The molecule has 0 saturated carbocycles. The summed E-state index contributed by atoms with van der Waals surface area (Å²) in [5, 5.41) is 21.2. The summed E-state index contributed by atoms with van der Waals surface area (Å²) in [6, 6.07) is 28.8. The first-order chi connectivity index (χ1) is 20.3. The lowest BCUT2D eigenvalue weighted by atomic mass is 9.96. The molecule has 0 aromatic heterocycles. The van der Waals surface area contributed by atoms with Crippen molar-refractivity contribution in [3.63, 3.8) is 0 Å². The van der Waals surface area contributed by atoms with E-state index in [1.54, 1.807) is 12.1 Å². The molecule has 2 aliphatic heterocycles. The van der Waals surface area contributed by atoms with Gasteiger partial charge in [0.2, 0.25) is 0 Å². The van der Waals surface area contributed by atoms with Crippen molar-refractivity contribution in [2.75, 3.05) is 0 Å². The van der Waals surface area contributed by atoms with Crippen molar-refractivity contribution in [1.82, 2.24) is 0 Å². The van der Waals surface area contributed by atoms with Crippen LogP contribution in [0.5, 0.6) is 0 Å². The molecule has 2 aliphatic rings. The average Bonchev–Trinajstić information content (AvgIpc) is 3.31. The molecule has 7 nitrogen and oxygen atoms in total. The van der Waals surface area contributed by atoms with Crippen LogP contribution in [-0.4, -0.2) is 46.8 Å². The van der Waals surface area contributed by atoms with E-state index in [0.29, 0.717) is 18.5 Å². The zero-order valence-corrected chi connectivity index (χ0v) is 25.9. The van der Waals surface area contributed by atoms with E-state index in [1.807, 2.05) is 92.7 Å². The quantitative estimate of drug-likeness (QED) is 0.281. The Morgan fingerprint density at radius 1 is 0.690 bits per heavy atom. The Kier molecular flexibility index (Phi) is 11.9. The fourth-order valence-electron chi connectivity index (χ4n) is 5.66. The lowest BCUT2D eigenvalue weighted by Gasteiger charge is -2.43. The molecule has 2 N–H and O–H groups in total. The molecule has 9 atom stereocenters. The van der Waals surface area contributed by atoms with Crippen LogP contribution < -0.4 is 5.30 Å². The zero-order valence-electron chi connectivity index (χ0n) is 25.0. The van der Waals surface area contributed by atoms with Crippen LogP contribution in [0.4, 0.5) is 0 Å². The Balaban J connectivity index is 0.000000208. The van der Waals surface area contributed by atoms with Gasteiger partial charge in [-0.15, -0.1) is 0 Å². The van der Waals surface area contributed by atoms with Crippen LogP contribution in [0.3, 0.4) is 0 Å². The van der Waals surface area contributed by atoms with Crippen molar-refractivity contribution in [1.29, 1.82) is 0 Å². The maximum Gasteiger partial charge on any atom is 0.262 e. The van der Waals surface area contributed by atoms with E-state index in [2.05, 4.69) is 13.8 Å². The number of benzene rings is 3. The summed E-state index contributed by atoms with van der Waals surface area (Å²) in [7, 11) is -3.41. The maximum absolute atomic E-state index is 13.6. The van der Waals surface area contributed by atoms with Gasteiger partial charge in [0.15, 0.2) is 12.1 Å². The van der Waals surface area contributed by atoms with Gasteiger partial charge in [0.05, 0.1) is 31.5 Å². The van der Waals surface area contributed by atoms with E-state index in [4.69, 9.17) is 18.7 Å². The van der Waals surface area contributed by atoms with Crippen molar-refractivity contribution in [2.24, 2.45) is 11.8 Å². The second-order valence-electron chi connectivity index (χ2n) is 11.1. The number of hydrogen-bond donors (Lipinski definition) is 2. The minimum absolute atomic E-state index is 0.0468. The monoisotopic (exact) mass is 596 g/mol. The van der Waals surface area contributed by atoms with Crippen molar-refractivity contribution in [3.05, 3.63) is 102 Å². The third-order valence-electron chi connectivity index (χ3n) is 8.23. The van der Waals surface area contributed by atoms with Gasteiger partial charge < -0.3 is 28.9 Å². The van der Waals surface area contributed by atoms with Gasteiger partial charge in [-0.05, 0) is 36.1 Å².